The van der Waals surface area contributed by atoms with Gasteiger partial charge in [-0.3, -0.25) is 0 Å². The Morgan fingerprint density at radius 3 is 2.37 bits per heavy atom. The Balaban J connectivity index is 2.10. The average Bonchev–Trinajstić information content (AvgIpc) is 2.47. The first kappa shape index (κ1) is 14.5. The highest BCUT2D eigenvalue weighted by atomic mass is 32.2. The monoisotopic (exact) mass is 287 g/mol. The summed E-state index contributed by atoms with van der Waals surface area (Å²) < 4.78 is 0. The fourth-order valence-electron chi connectivity index (χ4n) is 2.02. The summed E-state index contributed by atoms with van der Waals surface area (Å²) in [6.45, 7) is 2.20. The largest absolute Gasteiger partial charge is 0.129 e. The zero-order chi connectivity index (χ0) is 13.5. The van der Waals surface area contributed by atoms with Crippen molar-refractivity contribution in [1.82, 2.24) is 0 Å². The summed E-state index contributed by atoms with van der Waals surface area (Å²) in [6, 6.07) is 17.3. The van der Waals surface area contributed by atoms with Gasteiger partial charge in [0.1, 0.15) is 0 Å². The summed E-state index contributed by atoms with van der Waals surface area (Å²) in [5.41, 5.74) is 2.76. The van der Waals surface area contributed by atoms with Crippen LogP contribution in [0.3, 0.4) is 0 Å². The molecule has 0 spiro atoms. The molecule has 0 saturated carbocycles. The molecular formula is C17H19S2. The van der Waals surface area contributed by atoms with Crippen molar-refractivity contribution in [2.45, 2.75) is 23.1 Å². The predicted molar refractivity (Wildman–Crippen MR) is 88.2 cm³/mol. The van der Waals surface area contributed by atoms with Gasteiger partial charge in [-0.25, -0.2) is 0 Å². The van der Waals surface area contributed by atoms with E-state index in [1.165, 1.54) is 20.9 Å². The van der Waals surface area contributed by atoms with E-state index in [0.717, 1.165) is 12.2 Å². The van der Waals surface area contributed by atoms with Gasteiger partial charge in [-0.1, -0.05) is 43.3 Å². The van der Waals surface area contributed by atoms with Crippen LogP contribution in [-0.2, 0) is 6.42 Å². The van der Waals surface area contributed by atoms with Gasteiger partial charge in [-0.15, -0.1) is 23.5 Å². The van der Waals surface area contributed by atoms with Crippen LogP contribution in [0, 0.1) is 6.42 Å². The van der Waals surface area contributed by atoms with Crippen molar-refractivity contribution < 1.29 is 0 Å². The summed E-state index contributed by atoms with van der Waals surface area (Å²) in [6.07, 6.45) is 5.47. The lowest BCUT2D eigenvalue weighted by Crippen LogP contribution is -1.93. The fourth-order valence-corrected chi connectivity index (χ4v) is 3.45. The molecule has 0 atom stereocenters. The molecule has 19 heavy (non-hydrogen) atoms. The van der Waals surface area contributed by atoms with E-state index in [1.807, 2.05) is 23.5 Å². The maximum Gasteiger partial charge on any atom is 0.0104 e. The van der Waals surface area contributed by atoms with Gasteiger partial charge in [0.2, 0.25) is 0 Å². The normalized spacial score (nSPS) is 10.6. The minimum atomic E-state index is 1.00. The molecule has 0 aliphatic carbocycles. The molecule has 1 radical (unpaired) electrons. The Morgan fingerprint density at radius 1 is 0.947 bits per heavy atom. The van der Waals surface area contributed by atoms with E-state index in [9.17, 15) is 0 Å². The highest BCUT2D eigenvalue weighted by Crippen LogP contribution is 2.26. The molecule has 0 fully saturated rings. The lowest BCUT2D eigenvalue weighted by atomic mass is 10.0. The van der Waals surface area contributed by atoms with Crippen LogP contribution in [0.25, 0.3) is 0 Å². The van der Waals surface area contributed by atoms with Gasteiger partial charge >= 0.3 is 0 Å². The second-order valence-corrected chi connectivity index (χ2v) is 6.34. The number of benzene rings is 2. The summed E-state index contributed by atoms with van der Waals surface area (Å²) in [5.74, 6) is 1.12. The fraction of sp³-hybridized carbons (Fsp3) is 0.235. The lowest BCUT2D eigenvalue weighted by Gasteiger charge is -2.10. The molecule has 0 nitrogen and oxygen atoms in total. The summed E-state index contributed by atoms with van der Waals surface area (Å²) in [4.78, 5) is 2.76. The molecule has 0 unspecified atom stereocenters. The molecular weight excluding hydrogens is 268 g/mol. The average molecular weight is 287 g/mol. The van der Waals surface area contributed by atoms with Gasteiger partial charge in [-0.05, 0) is 48.1 Å². The van der Waals surface area contributed by atoms with Crippen LogP contribution in [0.2, 0.25) is 0 Å². The lowest BCUT2D eigenvalue weighted by molar-refractivity contribution is 1.09. The highest BCUT2D eigenvalue weighted by Gasteiger charge is 2.05. The van der Waals surface area contributed by atoms with Gasteiger partial charge in [-0.2, -0.15) is 0 Å². The predicted octanol–water partition coefficient (Wildman–Crippen LogP) is 5.32. The van der Waals surface area contributed by atoms with Crippen LogP contribution in [-0.4, -0.2) is 12.0 Å². The second-order valence-electron chi connectivity index (χ2n) is 4.19. The zero-order valence-electron chi connectivity index (χ0n) is 11.4. The summed E-state index contributed by atoms with van der Waals surface area (Å²) in [7, 11) is 0. The van der Waals surface area contributed by atoms with Gasteiger partial charge in [0.15, 0.2) is 0 Å². The van der Waals surface area contributed by atoms with Gasteiger partial charge in [0.25, 0.3) is 0 Å². The molecule has 0 aliphatic heterocycles. The minimum Gasteiger partial charge on any atom is -0.129 e. The molecule has 0 saturated heterocycles. The molecule has 2 aromatic carbocycles. The molecule has 0 bridgehead atoms. The second kappa shape index (κ2) is 7.66. The van der Waals surface area contributed by atoms with Crippen LogP contribution < -0.4 is 0 Å². The van der Waals surface area contributed by atoms with Crippen molar-refractivity contribution >= 4 is 23.5 Å². The highest BCUT2D eigenvalue weighted by molar-refractivity contribution is 7.99. The molecule has 0 aliphatic rings. The number of hydrogen-bond donors (Lipinski definition) is 0. The Labute approximate surface area is 125 Å². The number of rotatable bonds is 6. The first-order chi connectivity index (χ1) is 9.35. The molecule has 2 rings (SSSR count). The number of thioether (sulfide) groups is 2. The molecule has 2 aromatic rings. The Hall–Kier alpha value is -0.860. The first-order valence-corrected chi connectivity index (χ1v) is 8.73. The Kier molecular flexibility index (Phi) is 5.87. The van der Waals surface area contributed by atoms with Crippen molar-refractivity contribution in [2.75, 3.05) is 12.0 Å². The van der Waals surface area contributed by atoms with Crippen molar-refractivity contribution in [2.24, 2.45) is 0 Å². The molecule has 0 amide bonds. The summed E-state index contributed by atoms with van der Waals surface area (Å²) >= 11 is 3.73. The Morgan fingerprint density at radius 2 is 1.63 bits per heavy atom. The molecule has 2 heteroatoms. The van der Waals surface area contributed by atoms with Crippen molar-refractivity contribution in [3.8, 4) is 0 Å². The van der Waals surface area contributed by atoms with E-state index >= 15 is 0 Å². The van der Waals surface area contributed by atoms with Gasteiger partial charge in [0.05, 0.1) is 0 Å². The third kappa shape index (κ3) is 4.05. The van der Waals surface area contributed by atoms with Crippen molar-refractivity contribution in [3.63, 3.8) is 0 Å². The van der Waals surface area contributed by atoms with E-state index in [2.05, 4.69) is 68.1 Å². The zero-order valence-corrected chi connectivity index (χ0v) is 13.1. The topological polar surface area (TPSA) is 0 Å². The van der Waals surface area contributed by atoms with Crippen molar-refractivity contribution in [3.05, 3.63) is 66.1 Å². The SMILES string of the molecule is CCSc1ccccc1C[CH]c1ccccc1SC. The van der Waals surface area contributed by atoms with E-state index in [-0.39, 0.29) is 0 Å². The van der Waals surface area contributed by atoms with Crippen LogP contribution in [0.5, 0.6) is 0 Å². The first-order valence-electron chi connectivity index (χ1n) is 6.52. The summed E-state index contributed by atoms with van der Waals surface area (Å²) in [5, 5.41) is 0. The van der Waals surface area contributed by atoms with Crippen LogP contribution in [0.4, 0.5) is 0 Å². The van der Waals surface area contributed by atoms with Gasteiger partial charge in [0, 0.05) is 9.79 Å². The van der Waals surface area contributed by atoms with E-state index < -0.39 is 0 Å². The van der Waals surface area contributed by atoms with Gasteiger partial charge < -0.3 is 0 Å². The Bertz CT molecular complexity index is 520. The van der Waals surface area contributed by atoms with Crippen LogP contribution in [0.15, 0.2) is 58.3 Å². The quantitative estimate of drug-likeness (QED) is 0.660. The maximum atomic E-state index is 2.33. The van der Waals surface area contributed by atoms with Crippen LogP contribution >= 0.6 is 23.5 Å². The van der Waals surface area contributed by atoms with E-state index in [1.54, 1.807) is 0 Å². The molecule has 0 N–H and O–H groups in total. The van der Waals surface area contributed by atoms with E-state index in [4.69, 9.17) is 0 Å². The molecule has 0 aromatic heterocycles. The molecule has 0 heterocycles. The third-order valence-electron chi connectivity index (χ3n) is 2.95. The minimum absolute atomic E-state index is 1.00. The molecule has 99 valence electrons. The third-order valence-corrected chi connectivity index (χ3v) is 4.76. The number of hydrogen-bond acceptors (Lipinski definition) is 2. The smallest absolute Gasteiger partial charge is 0.0104 e. The standard InChI is InChI=1S/C17H19S2/c1-3-19-17-11-7-5-9-15(17)13-12-14-8-4-6-10-16(14)18-2/h4-12H,3,13H2,1-2H3. The maximum absolute atomic E-state index is 2.33. The van der Waals surface area contributed by atoms with Crippen LogP contribution in [0.1, 0.15) is 18.1 Å². The van der Waals surface area contributed by atoms with E-state index in [0.29, 0.717) is 0 Å². The van der Waals surface area contributed by atoms with Crippen molar-refractivity contribution in [1.29, 1.82) is 0 Å².